The Kier molecular flexibility index (Phi) is 3.08. The highest BCUT2D eigenvalue weighted by Crippen LogP contribution is 2.15. The van der Waals surface area contributed by atoms with E-state index in [4.69, 9.17) is 11.6 Å². The van der Waals surface area contributed by atoms with Crippen molar-refractivity contribution in [2.45, 2.75) is 4.90 Å². The van der Waals surface area contributed by atoms with Gasteiger partial charge in [0.05, 0.1) is 0 Å². The molecule has 0 saturated carbocycles. The van der Waals surface area contributed by atoms with Crippen molar-refractivity contribution in [2.24, 2.45) is 7.05 Å². The SMILES string of the molecule is Cn1ccc(S(=O)(=O)Nc2cccc(Cl)n2)c1. The van der Waals surface area contributed by atoms with Crippen LogP contribution in [0.4, 0.5) is 5.82 Å². The Morgan fingerprint density at radius 1 is 1.35 bits per heavy atom. The van der Waals surface area contributed by atoms with Gasteiger partial charge in [-0.1, -0.05) is 17.7 Å². The maximum atomic E-state index is 11.9. The molecule has 7 heteroatoms. The zero-order valence-corrected chi connectivity index (χ0v) is 10.5. The predicted molar refractivity (Wildman–Crippen MR) is 65.5 cm³/mol. The van der Waals surface area contributed by atoms with E-state index >= 15 is 0 Å². The Morgan fingerprint density at radius 3 is 2.71 bits per heavy atom. The zero-order chi connectivity index (χ0) is 12.5. The number of aryl methyl sites for hydroxylation is 1. The summed E-state index contributed by atoms with van der Waals surface area (Å²) in [6.07, 6.45) is 3.16. The Labute approximate surface area is 104 Å². The van der Waals surface area contributed by atoms with Crippen molar-refractivity contribution in [1.82, 2.24) is 9.55 Å². The molecule has 0 saturated heterocycles. The van der Waals surface area contributed by atoms with Crippen molar-refractivity contribution in [3.05, 3.63) is 41.8 Å². The number of halogens is 1. The molecular weight excluding hydrogens is 262 g/mol. The summed E-state index contributed by atoms with van der Waals surface area (Å²) in [5, 5.41) is 0.235. The van der Waals surface area contributed by atoms with Gasteiger partial charge < -0.3 is 4.57 Å². The third-order valence-electron chi connectivity index (χ3n) is 2.07. The normalized spacial score (nSPS) is 11.4. The van der Waals surface area contributed by atoms with Crippen molar-refractivity contribution >= 4 is 27.4 Å². The lowest BCUT2D eigenvalue weighted by molar-refractivity contribution is 0.601. The van der Waals surface area contributed by atoms with Gasteiger partial charge in [0.1, 0.15) is 15.9 Å². The molecule has 90 valence electrons. The first kappa shape index (κ1) is 11.9. The summed E-state index contributed by atoms with van der Waals surface area (Å²) in [7, 11) is -1.85. The molecule has 2 aromatic heterocycles. The van der Waals surface area contributed by atoms with E-state index in [0.717, 1.165) is 0 Å². The van der Waals surface area contributed by atoms with Crippen molar-refractivity contribution in [2.75, 3.05) is 4.72 Å². The predicted octanol–water partition coefficient (Wildman–Crippen LogP) is 1.87. The largest absolute Gasteiger partial charge is 0.356 e. The Bertz CT molecular complexity index is 637. The van der Waals surface area contributed by atoms with Crippen LogP contribution in [0.1, 0.15) is 0 Å². The topological polar surface area (TPSA) is 64.0 Å². The maximum Gasteiger partial charge on any atom is 0.264 e. The zero-order valence-electron chi connectivity index (χ0n) is 8.96. The van der Waals surface area contributed by atoms with Crippen LogP contribution in [0.2, 0.25) is 5.15 Å². The number of sulfonamides is 1. The molecule has 0 aliphatic rings. The summed E-state index contributed by atoms with van der Waals surface area (Å²) in [5.74, 6) is 0.196. The quantitative estimate of drug-likeness (QED) is 0.867. The second kappa shape index (κ2) is 4.38. The molecule has 2 aromatic rings. The van der Waals surface area contributed by atoms with Crippen molar-refractivity contribution in [1.29, 1.82) is 0 Å². The van der Waals surface area contributed by atoms with E-state index in [0.29, 0.717) is 0 Å². The second-order valence-corrected chi connectivity index (χ2v) is 5.53. The minimum absolute atomic E-state index is 0.182. The third-order valence-corrected chi connectivity index (χ3v) is 3.62. The number of rotatable bonds is 3. The molecule has 0 aromatic carbocycles. The number of pyridine rings is 1. The highest BCUT2D eigenvalue weighted by molar-refractivity contribution is 7.92. The molecule has 0 aliphatic carbocycles. The first-order chi connectivity index (χ1) is 7.97. The number of aromatic nitrogens is 2. The highest BCUT2D eigenvalue weighted by Gasteiger charge is 2.15. The standard InChI is InChI=1S/C10H10ClN3O2S/c1-14-6-5-8(7-14)17(15,16)13-10-4-2-3-9(11)12-10/h2-7H,1H3,(H,12,13). The van der Waals surface area contributed by atoms with Crippen molar-refractivity contribution < 1.29 is 8.42 Å². The summed E-state index contributed by atoms with van der Waals surface area (Å²) in [6.45, 7) is 0. The number of anilines is 1. The van der Waals surface area contributed by atoms with Crippen LogP contribution < -0.4 is 4.72 Å². The van der Waals surface area contributed by atoms with Crippen LogP contribution in [-0.2, 0) is 17.1 Å². The second-order valence-electron chi connectivity index (χ2n) is 3.46. The Hall–Kier alpha value is -1.53. The van der Waals surface area contributed by atoms with Gasteiger partial charge in [0.2, 0.25) is 0 Å². The van der Waals surface area contributed by atoms with Crippen LogP contribution in [0.3, 0.4) is 0 Å². The average Bonchev–Trinajstić information content (AvgIpc) is 2.65. The van der Waals surface area contributed by atoms with Crippen LogP contribution in [0.5, 0.6) is 0 Å². The fraction of sp³-hybridized carbons (Fsp3) is 0.100. The van der Waals surface area contributed by atoms with Gasteiger partial charge >= 0.3 is 0 Å². The van der Waals surface area contributed by atoms with Crippen LogP contribution in [0.25, 0.3) is 0 Å². The molecule has 0 radical (unpaired) electrons. The Balaban J connectivity index is 2.29. The summed E-state index contributed by atoms with van der Waals surface area (Å²) in [5.41, 5.74) is 0. The number of nitrogens with zero attached hydrogens (tertiary/aromatic N) is 2. The van der Waals surface area contributed by atoms with Gasteiger partial charge in [-0.2, -0.15) is 0 Å². The lowest BCUT2D eigenvalue weighted by Crippen LogP contribution is -2.13. The molecule has 0 unspecified atom stereocenters. The fourth-order valence-corrected chi connectivity index (χ4v) is 2.51. The minimum Gasteiger partial charge on any atom is -0.356 e. The monoisotopic (exact) mass is 271 g/mol. The van der Waals surface area contributed by atoms with Crippen LogP contribution in [-0.4, -0.2) is 18.0 Å². The van der Waals surface area contributed by atoms with Gasteiger partial charge in [0.25, 0.3) is 10.0 Å². The number of hydrogen-bond acceptors (Lipinski definition) is 3. The fourth-order valence-electron chi connectivity index (χ4n) is 1.30. The minimum atomic E-state index is -3.60. The maximum absolute atomic E-state index is 11.9. The molecule has 0 fully saturated rings. The first-order valence-electron chi connectivity index (χ1n) is 4.75. The molecule has 0 atom stereocenters. The van der Waals surface area contributed by atoms with Gasteiger partial charge in [-0.15, -0.1) is 0 Å². The van der Waals surface area contributed by atoms with E-state index in [1.54, 1.807) is 29.9 Å². The summed E-state index contributed by atoms with van der Waals surface area (Å²) >= 11 is 5.67. The lowest BCUT2D eigenvalue weighted by atomic mass is 10.5. The molecule has 2 rings (SSSR count). The molecule has 0 amide bonds. The van der Waals surface area contributed by atoms with E-state index in [9.17, 15) is 8.42 Å². The summed E-state index contributed by atoms with van der Waals surface area (Å²) in [4.78, 5) is 4.04. The van der Waals surface area contributed by atoms with Gasteiger partial charge in [-0.3, -0.25) is 4.72 Å². The molecule has 5 nitrogen and oxygen atoms in total. The molecular formula is C10H10ClN3O2S. The molecule has 0 aliphatic heterocycles. The Morgan fingerprint density at radius 2 is 2.12 bits per heavy atom. The van der Waals surface area contributed by atoms with Crippen molar-refractivity contribution in [3.63, 3.8) is 0 Å². The number of nitrogens with one attached hydrogen (secondary N) is 1. The van der Waals surface area contributed by atoms with Crippen LogP contribution >= 0.6 is 11.6 Å². The molecule has 17 heavy (non-hydrogen) atoms. The number of hydrogen-bond donors (Lipinski definition) is 1. The molecule has 2 heterocycles. The van der Waals surface area contributed by atoms with Gasteiger partial charge in [-0.25, -0.2) is 13.4 Å². The van der Waals surface area contributed by atoms with Crippen LogP contribution in [0.15, 0.2) is 41.6 Å². The molecule has 1 N–H and O–H groups in total. The third kappa shape index (κ3) is 2.78. The smallest absolute Gasteiger partial charge is 0.264 e. The van der Waals surface area contributed by atoms with E-state index in [1.807, 2.05) is 0 Å². The van der Waals surface area contributed by atoms with Gasteiger partial charge in [0, 0.05) is 19.4 Å². The van der Waals surface area contributed by atoms with Gasteiger partial charge in [0.15, 0.2) is 0 Å². The van der Waals surface area contributed by atoms with E-state index in [1.165, 1.54) is 18.3 Å². The lowest BCUT2D eigenvalue weighted by Gasteiger charge is -2.05. The molecule has 0 spiro atoms. The summed E-state index contributed by atoms with van der Waals surface area (Å²) < 4.78 is 27.8. The van der Waals surface area contributed by atoms with E-state index in [-0.39, 0.29) is 15.9 Å². The van der Waals surface area contributed by atoms with E-state index < -0.39 is 10.0 Å². The van der Waals surface area contributed by atoms with E-state index in [2.05, 4.69) is 9.71 Å². The van der Waals surface area contributed by atoms with Crippen LogP contribution in [0, 0.1) is 0 Å². The summed E-state index contributed by atoms with van der Waals surface area (Å²) in [6, 6.07) is 6.24. The highest BCUT2D eigenvalue weighted by atomic mass is 35.5. The van der Waals surface area contributed by atoms with Crippen molar-refractivity contribution in [3.8, 4) is 0 Å². The average molecular weight is 272 g/mol. The first-order valence-corrected chi connectivity index (χ1v) is 6.61. The van der Waals surface area contributed by atoms with Gasteiger partial charge in [-0.05, 0) is 18.2 Å². The molecule has 0 bridgehead atoms.